The highest BCUT2D eigenvalue weighted by Gasteiger charge is 2.13. The normalized spacial score (nSPS) is 10.6. The highest BCUT2D eigenvalue weighted by molar-refractivity contribution is 7.17. The Kier molecular flexibility index (Phi) is 5.38. The van der Waals surface area contributed by atoms with Gasteiger partial charge in [0, 0.05) is 19.1 Å². The number of aryl methyl sites for hydroxylation is 1. The number of carbonyl (C=O) groups is 2. The Morgan fingerprint density at radius 1 is 1.29 bits per heavy atom. The van der Waals surface area contributed by atoms with Gasteiger partial charge in [-0.15, -0.1) is 0 Å². The van der Waals surface area contributed by atoms with Gasteiger partial charge in [-0.2, -0.15) is 0 Å². The third-order valence-electron chi connectivity index (χ3n) is 2.90. The predicted molar refractivity (Wildman–Crippen MR) is 90.8 cm³/mol. The number of anilines is 1. The molecule has 0 fully saturated rings. The van der Waals surface area contributed by atoms with Crippen molar-refractivity contribution >= 4 is 39.9 Å². The summed E-state index contributed by atoms with van der Waals surface area (Å²) in [7, 11) is 0. The lowest BCUT2D eigenvalue weighted by molar-refractivity contribution is -0.384. The number of non-ortho nitro benzene ring substituents is 1. The molecule has 2 aromatic rings. The Morgan fingerprint density at radius 3 is 2.54 bits per heavy atom. The SMILES string of the molecule is CC(=O)NNc1nc(C)c(C(=O)/C=C/c2ccc([N+](=O)[O-])cc2)s1. The van der Waals surface area contributed by atoms with Gasteiger partial charge >= 0.3 is 0 Å². The molecule has 9 heteroatoms. The van der Waals surface area contributed by atoms with E-state index >= 15 is 0 Å². The molecular weight excluding hydrogens is 332 g/mol. The molecule has 2 N–H and O–H groups in total. The highest BCUT2D eigenvalue weighted by Crippen LogP contribution is 2.23. The second-order valence-corrected chi connectivity index (χ2v) is 5.79. The Labute approximate surface area is 141 Å². The van der Waals surface area contributed by atoms with Gasteiger partial charge in [0.25, 0.3) is 5.69 Å². The molecule has 24 heavy (non-hydrogen) atoms. The van der Waals surface area contributed by atoms with Crippen molar-refractivity contribution in [3.63, 3.8) is 0 Å². The molecular formula is C15H14N4O4S. The fraction of sp³-hybridized carbons (Fsp3) is 0.133. The number of allylic oxidation sites excluding steroid dienone is 1. The van der Waals surface area contributed by atoms with Gasteiger partial charge in [0.1, 0.15) is 0 Å². The smallest absolute Gasteiger partial charge is 0.269 e. The van der Waals surface area contributed by atoms with Crippen molar-refractivity contribution in [2.24, 2.45) is 0 Å². The number of rotatable bonds is 6. The van der Waals surface area contributed by atoms with E-state index in [1.54, 1.807) is 25.1 Å². The summed E-state index contributed by atoms with van der Waals surface area (Å²) in [5.41, 5.74) is 6.22. The van der Waals surface area contributed by atoms with Gasteiger partial charge in [-0.1, -0.05) is 17.4 Å². The first-order valence-corrected chi connectivity index (χ1v) is 7.65. The zero-order valence-corrected chi connectivity index (χ0v) is 13.7. The molecule has 1 heterocycles. The highest BCUT2D eigenvalue weighted by atomic mass is 32.1. The number of hydrogen-bond donors (Lipinski definition) is 2. The molecule has 0 aliphatic carbocycles. The average Bonchev–Trinajstić information content (AvgIpc) is 2.92. The number of nitro benzene ring substituents is 1. The molecule has 0 unspecified atom stereocenters. The van der Waals surface area contributed by atoms with E-state index in [9.17, 15) is 19.7 Å². The first kappa shape index (κ1) is 17.3. The summed E-state index contributed by atoms with van der Waals surface area (Å²) in [5.74, 6) is -0.506. The minimum absolute atomic E-state index is 0.00883. The van der Waals surface area contributed by atoms with Gasteiger partial charge in [-0.05, 0) is 30.7 Å². The number of nitrogens with one attached hydrogen (secondary N) is 2. The maximum absolute atomic E-state index is 12.2. The van der Waals surface area contributed by atoms with Crippen molar-refractivity contribution in [2.45, 2.75) is 13.8 Å². The molecule has 0 aliphatic rings. The zero-order chi connectivity index (χ0) is 17.7. The van der Waals surface area contributed by atoms with Crippen LogP contribution in [0.5, 0.6) is 0 Å². The average molecular weight is 346 g/mol. The van der Waals surface area contributed by atoms with Gasteiger partial charge in [-0.25, -0.2) is 4.98 Å². The summed E-state index contributed by atoms with van der Waals surface area (Å²) >= 11 is 1.12. The molecule has 0 bridgehead atoms. The van der Waals surface area contributed by atoms with Crippen molar-refractivity contribution in [1.82, 2.24) is 10.4 Å². The summed E-state index contributed by atoms with van der Waals surface area (Å²) in [4.78, 5) is 37.8. The van der Waals surface area contributed by atoms with Crippen molar-refractivity contribution in [1.29, 1.82) is 0 Å². The first-order valence-electron chi connectivity index (χ1n) is 6.83. The van der Waals surface area contributed by atoms with Crippen LogP contribution in [0.25, 0.3) is 6.08 Å². The van der Waals surface area contributed by atoms with Crippen LogP contribution < -0.4 is 10.9 Å². The van der Waals surface area contributed by atoms with Crippen LogP contribution in [0.1, 0.15) is 27.9 Å². The largest absolute Gasteiger partial charge is 0.288 e. The van der Waals surface area contributed by atoms with Gasteiger partial charge in [0.05, 0.1) is 15.5 Å². The molecule has 0 saturated carbocycles. The Hall–Kier alpha value is -3.07. The van der Waals surface area contributed by atoms with E-state index in [0.717, 1.165) is 11.3 Å². The van der Waals surface area contributed by atoms with Crippen LogP contribution in [0.4, 0.5) is 10.8 Å². The van der Waals surface area contributed by atoms with Crippen molar-refractivity contribution < 1.29 is 14.5 Å². The second-order valence-electron chi connectivity index (χ2n) is 4.79. The number of amides is 1. The van der Waals surface area contributed by atoms with Crippen molar-refractivity contribution in [3.05, 3.63) is 56.6 Å². The fourth-order valence-corrected chi connectivity index (χ4v) is 2.61. The van der Waals surface area contributed by atoms with Crippen LogP contribution in [0, 0.1) is 17.0 Å². The molecule has 124 valence electrons. The molecule has 0 aliphatic heterocycles. The number of ketones is 1. The van der Waals surface area contributed by atoms with E-state index in [4.69, 9.17) is 0 Å². The lowest BCUT2D eigenvalue weighted by atomic mass is 10.1. The summed E-state index contributed by atoms with van der Waals surface area (Å²) < 4.78 is 0. The summed E-state index contributed by atoms with van der Waals surface area (Å²) in [5, 5.41) is 11.0. The van der Waals surface area contributed by atoms with Crippen molar-refractivity contribution in [3.8, 4) is 0 Å². The number of carbonyl (C=O) groups excluding carboxylic acids is 2. The molecule has 0 spiro atoms. The van der Waals surface area contributed by atoms with Gasteiger partial charge in [0.2, 0.25) is 11.0 Å². The Balaban J connectivity index is 2.08. The number of hydrogen-bond acceptors (Lipinski definition) is 7. The Morgan fingerprint density at radius 2 is 1.96 bits per heavy atom. The molecule has 0 saturated heterocycles. The second kappa shape index (κ2) is 7.47. The third kappa shape index (κ3) is 4.46. The number of hydrazine groups is 1. The number of benzene rings is 1. The van der Waals surface area contributed by atoms with Crippen LogP contribution in [0.3, 0.4) is 0 Å². The van der Waals surface area contributed by atoms with Crippen LogP contribution in [0.15, 0.2) is 30.3 Å². The molecule has 0 atom stereocenters. The summed E-state index contributed by atoms with van der Waals surface area (Å²) in [6, 6.07) is 5.87. The standard InChI is InChI=1S/C15H14N4O4S/c1-9-14(24-15(16-9)18-17-10(2)20)13(21)8-5-11-3-6-12(7-4-11)19(22)23/h3-8H,1-2H3,(H,16,18)(H,17,20)/b8-5+. The third-order valence-corrected chi connectivity index (χ3v) is 3.98. The molecule has 1 aromatic heterocycles. The number of nitrogens with zero attached hydrogens (tertiary/aromatic N) is 2. The van der Waals surface area contributed by atoms with Gasteiger partial charge in [-0.3, -0.25) is 30.6 Å². The van der Waals surface area contributed by atoms with Crippen molar-refractivity contribution in [2.75, 3.05) is 5.43 Å². The lowest BCUT2D eigenvalue weighted by Gasteiger charge is -1.99. The molecule has 8 nitrogen and oxygen atoms in total. The summed E-state index contributed by atoms with van der Waals surface area (Å²) in [6.45, 7) is 3.05. The van der Waals surface area contributed by atoms with Crippen LogP contribution in [-0.2, 0) is 4.79 Å². The van der Waals surface area contributed by atoms with E-state index in [1.807, 2.05) is 0 Å². The van der Waals surface area contributed by atoms with Crippen LogP contribution >= 0.6 is 11.3 Å². The minimum atomic E-state index is -0.483. The predicted octanol–water partition coefficient (Wildman–Crippen LogP) is 2.72. The van der Waals surface area contributed by atoms with Gasteiger partial charge < -0.3 is 0 Å². The van der Waals surface area contributed by atoms with E-state index in [2.05, 4.69) is 15.8 Å². The quantitative estimate of drug-likeness (QED) is 0.360. The number of thiazole rings is 1. The minimum Gasteiger partial charge on any atom is -0.288 e. The summed E-state index contributed by atoms with van der Waals surface area (Å²) in [6.07, 6.45) is 2.95. The number of aromatic nitrogens is 1. The molecule has 2 rings (SSSR count). The van der Waals surface area contributed by atoms with Crippen LogP contribution in [0.2, 0.25) is 0 Å². The molecule has 0 radical (unpaired) electrons. The number of nitro groups is 1. The maximum atomic E-state index is 12.2. The molecule has 1 amide bonds. The fourth-order valence-electron chi connectivity index (χ4n) is 1.77. The monoisotopic (exact) mass is 346 g/mol. The van der Waals surface area contributed by atoms with E-state index in [1.165, 1.54) is 25.1 Å². The zero-order valence-electron chi connectivity index (χ0n) is 12.9. The van der Waals surface area contributed by atoms with Gasteiger partial charge in [0.15, 0.2) is 5.78 Å². The van der Waals surface area contributed by atoms with Crippen LogP contribution in [-0.4, -0.2) is 21.6 Å². The van der Waals surface area contributed by atoms with E-state index in [-0.39, 0.29) is 17.4 Å². The topological polar surface area (TPSA) is 114 Å². The van der Waals surface area contributed by atoms with E-state index < -0.39 is 4.92 Å². The molecule has 1 aromatic carbocycles. The maximum Gasteiger partial charge on any atom is 0.269 e. The first-order chi connectivity index (χ1) is 11.4. The lowest BCUT2D eigenvalue weighted by Crippen LogP contribution is -2.26. The Bertz CT molecular complexity index is 811. The van der Waals surface area contributed by atoms with E-state index in [0.29, 0.717) is 21.3 Å².